The molecule has 1 aromatic rings. The molecule has 0 spiro atoms. The zero-order chi connectivity index (χ0) is 17.1. The molecule has 2 aliphatic heterocycles. The van der Waals surface area contributed by atoms with E-state index in [0.29, 0.717) is 0 Å². The number of fused-ring (bicyclic) bond motifs is 1. The van der Waals surface area contributed by atoms with Gasteiger partial charge in [-0.05, 0) is 18.5 Å². The molecule has 7 heteroatoms. The standard InChI is InChI=1S/C13H12FN3O3/c14-6-3-7-8(9(15)4-6)5-17(13(7)20)10-1-2-11(18)16-12(10)19/h3-4,10H,1-2,5,15H2,(H,16,18,19)/i3D,4D,10D. The molecular formula is C13H12FN3O3. The van der Waals surface area contributed by atoms with Gasteiger partial charge in [-0.15, -0.1) is 0 Å². The first-order chi connectivity index (χ1) is 10.7. The summed E-state index contributed by atoms with van der Waals surface area (Å²) in [5.41, 5.74) is 5.08. The molecule has 2 heterocycles. The van der Waals surface area contributed by atoms with E-state index in [1.165, 1.54) is 0 Å². The fraction of sp³-hybridized carbons (Fsp3) is 0.308. The number of anilines is 1. The molecule has 1 aromatic carbocycles. The van der Waals surface area contributed by atoms with Crippen LogP contribution in [0.5, 0.6) is 0 Å². The third-order valence-corrected chi connectivity index (χ3v) is 3.31. The predicted molar refractivity (Wildman–Crippen MR) is 66.9 cm³/mol. The molecule has 3 amide bonds. The van der Waals surface area contributed by atoms with Gasteiger partial charge in [0.1, 0.15) is 11.8 Å². The summed E-state index contributed by atoms with van der Waals surface area (Å²) in [7, 11) is 0. The monoisotopic (exact) mass is 280 g/mol. The molecule has 3 N–H and O–H groups in total. The predicted octanol–water partition coefficient (Wildman–Crippen LogP) is 0.169. The zero-order valence-electron chi connectivity index (χ0n) is 13.2. The van der Waals surface area contributed by atoms with Gasteiger partial charge in [-0.3, -0.25) is 19.7 Å². The Balaban J connectivity index is 2.08. The molecular weight excluding hydrogens is 265 g/mol. The summed E-state index contributed by atoms with van der Waals surface area (Å²) in [5, 5.41) is 2.00. The van der Waals surface area contributed by atoms with Gasteiger partial charge in [0.2, 0.25) is 11.8 Å². The third kappa shape index (κ3) is 1.82. The summed E-state index contributed by atoms with van der Waals surface area (Å²) in [4.78, 5) is 36.6. The highest BCUT2D eigenvalue weighted by Gasteiger charge is 2.39. The van der Waals surface area contributed by atoms with Crippen LogP contribution in [0.2, 0.25) is 0 Å². The van der Waals surface area contributed by atoms with Crippen molar-refractivity contribution in [2.24, 2.45) is 0 Å². The minimum absolute atomic E-state index is 0.0581. The van der Waals surface area contributed by atoms with E-state index in [1.54, 1.807) is 0 Å². The molecule has 0 saturated carbocycles. The topological polar surface area (TPSA) is 92.5 Å². The highest BCUT2D eigenvalue weighted by atomic mass is 19.1. The van der Waals surface area contributed by atoms with Gasteiger partial charge in [0.05, 0.1) is 4.11 Å². The number of imide groups is 1. The van der Waals surface area contributed by atoms with Crippen LogP contribution >= 0.6 is 0 Å². The Morgan fingerprint density at radius 2 is 2.20 bits per heavy atom. The summed E-state index contributed by atoms with van der Waals surface area (Å²) in [6.45, 7) is -0.289. The van der Waals surface area contributed by atoms with Gasteiger partial charge in [-0.1, -0.05) is 0 Å². The largest absolute Gasteiger partial charge is 0.398 e. The minimum atomic E-state index is -2.04. The van der Waals surface area contributed by atoms with Gasteiger partial charge in [-0.2, -0.15) is 0 Å². The van der Waals surface area contributed by atoms with Crippen LogP contribution in [0.4, 0.5) is 10.1 Å². The van der Waals surface area contributed by atoms with Gasteiger partial charge < -0.3 is 10.6 Å². The molecule has 0 aliphatic carbocycles. The van der Waals surface area contributed by atoms with Gasteiger partial charge >= 0.3 is 0 Å². The minimum Gasteiger partial charge on any atom is -0.398 e. The number of nitrogens with one attached hydrogen (secondary N) is 1. The Bertz CT molecular complexity index is 786. The smallest absolute Gasteiger partial charge is 0.255 e. The summed E-state index contributed by atoms with van der Waals surface area (Å²) in [6.07, 6.45) is -0.322. The van der Waals surface area contributed by atoms with Crippen molar-refractivity contribution < 1.29 is 22.9 Å². The summed E-state index contributed by atoms with van der Waals surface area (Å²) in [5.74, 6) is -3.59. The van der Waals surface area contributed by atoms with E-state index in [4.69, 9.17) is 9.85 Å². The van der Waals surface area contributed by atoms with Gasteiger partial charge in [0, 0.05) is 29.8 Å². The number of piperidine rings is 1. The number of nitrogen functional groups attached to an aromatic ring is 1. The maximum Gasteiger partial charge on any atom is 0.255 e. The molecule has 0 bridgehead atoms. The number of nitrogens with zero attached hydrogens (tertiary/aromatic N) is 1. The van der Waals surface area contributed by atoms with Crippen LogP contribution in [0, 0.1) is 5.82 Å². The Labute approximate surface area is 117 Å². The lowest BCUT2D eigenvalue weighted by Gasteiger charge is -2.29. The molecule has 104 valence electrons. The van der Waals surface area contributed by atoms with E-state index in [1.807, 2.05) is 5.32 Å². The Morgan fingerprint density at radius 1 is 1.45 bits per heavy atom. The lowest BCUT2D eigenvalue weighted by molar-refractivity contribution is -0.136. The number of hydrogen-bond acceptors (Lipinski definition) is 4. The van der Waals surface area contributed by atoms with Crippen LogP contribution in [0.3, 0.4) is 0 Å². The summed E-state index contributed by atoms with van der Waals surface area (Å²) >= 11 is 0. The van der Waals surface area contributed by atoms with E-state index in [9.17, 15) is 18.8 Å². The number of hydrogen-bond donors (Lipinski definition) is 2. The van der Waals surface area contributed by atoms with Crippen molar-refractivity contribution in [2.45, 2.75) is 25.4 Å². The second-order valence-corrected chi connectivity index (χ2v) is 4.55. The average Bonchev–Trinajstić information content (AvgIpc) is 2.85. The van der Waals surface area contributed by atoms with Crippen molar-refractivity contribution >= 4 is 23.4 Å². The van der Waals surface area contributed by atoms with Crippen molar-refractivity contribution in [3.8, 4) is 0 Å². The number of amides is 3. The number of nitrogens with two attached hydrogens (primary N) is 1. The molecule has 1 saturated heterocycles. The first-order valence-corrected chi connectivity index (χ1v) is 5.91. The van der Waals surface area contributed by atoms with Crippen molar-refractivity contribution in [1.82, 2.24) is 10.2 Å². The maximum absolute atomic E-state index is 13.8. The fourth-order valence-electron chi connectivity index (χ4n) is 2.34. The lowest BCUT2D eigenvalue weighted by Crippen LogP contribution is -2.52. The summed E-state index contributed by atoms with van der Waals surface area (Å²) < 4.78 is 37.3. The van der Waals surface area contributed by atoms with E-state index in [2.05, 4.69) is 0 Å². The van der Waals surface area contributed by atoms with E-state index in [0.717, 1.165) is 4.90 Å². The second kappa shape index (κ2) is 4.29. The number of benzene rings is 1. The van der Waals surface area contributed by atoms with Crippen molar-refractivity contribution in [3.63, 3.8) is 0 Å². The Morgan fingerprint density at radius 3 is 2.90 bits per heavy atom. The van der Waals surface area contributed by atoms with Crippen LogP contribution in [0.25, 0.3) is 0 Å². The van der Waals surface area contributed by atoms with Crippen molar-refractivity contribution in [3.05, 3.63) is 29.0 Å². The zero-order valence-corrected chi connectivity index (χ0v) is 10.2. The lowest BCUT2D eigenvalue weighted by atomic mass is 10.0. The van der Waals surface area contributed by atoms with E-state index < -0.39 is 41.6 Å². The van der Waals surface area contributed by atoms with Crippen molar-refractivity contribution in [2.75, 3.05) is 5.73 Å². The molecule has 1 fully saturated rings. The number of carbonyl (C=O) groups excluding carboxylic acids is 3. The molecule has 6 nitrogen and oxygen atoms in total. The van der Waals surface area contributed by atoms with Crippen molar-refractivity contribution in [1.29, 1.82) is 0 Å². The normalized spacial score (nSPS) is 27.8. The van der Waals surface area contributed by atoms with Gasteiger partial charge in [0.15, 0.2) is 0 Å². The van der Waals surface area contributed by atoms with Gasteiger partial charge in [-0.25, -0.2) is 4.39 Å². The van der Waals surface area contributed by atoms with Crippen LogP contribution in [-0.2, 0) is 16.1 Å². The highest BCUT2D eigenvalue weighted by Crippen LogP contribution is 2.31. The molecule has 0 aromatic heterocycles. The molecule has 1 atom stereocenters. The number of rotatable bonds is 1. The molecule has 1 unspecified atom stereocenters. The van der Waals surface area contributed by atoms with E-state index in [-0.39, 0.29) is 36.2 Å². The molecule has 0 radical (unpaired) electrons. The number of carbonyl (C=O) groups is 3. The molecule has 3 rings (SSSR count). The van der Waals surface area contributed by atoms with E-state index >= 15 is 0 Å². The first kappa shape index (κ1) is 9.46. The average molecular weight is 280 g/mol. The van der Waals surface area contributed by atoms with Crippen LogP contribution in [-0.4, -0.2) is 28.6 Å². The highest BCUT2D eigenvalue weighted by molar-refractivity contribution is 6.06. The maximum atomic E-state index is 13.8. The fourth-order valence-corrected chi connectivity index (χ4v) is 2.34. The number of halogens is 1. The Kier molecular flexibility index (Phi) is 2.03. The second-order valence-electron chi connectivity index (χ2n) is 4.55. The van der Waals surface area contributed by atoms with Crippen LogP contribution in [0.15, 0.2) is 12.1 Å². The van der Waals surface area contributed by atoms with Gasteiger partial charge in [0.25, 0.3) is 5.91 Å². The first-order valence-electron chi connectivity index (χ1n) is 7.41. The quantitative estimate of drug-likeness (QED) is 0.566. The third-order valence-electron chi connectivity index (χ3n) is 3.31. The van der Waals surface area contributed by atoms with Crippen LogP contribution < -0.4 is 11.1 Å². The Hall–Kier alpha value is -2.44. The SMILES string of the molecule is [2H]c1c(N)c2c(c([2H])c1F)C(=O)N(C1([2H])CCC(=O)NC1=O)C2. The van der Waals surface area contributed by atoms with Crippen LogP contribution in [0.1, 0.15) is 32.9 Å². The molecule has 20 heavy (non-hydrogen) atoms. The summed E-state index contributed by atoms with van der Waals surface area (Å²) in [6, 6.07) is -3.50. The molecule has 2 aliphatic rings.